The summed E-state index contributed by atoms with van der Waals surface area (Å²) in [5, 5.41) is 11.4. The molecule has 4 rings (SSSR count). The maximum Gasteiger partial charge on any atom is 0.254 e. The van der Waals surface area contributed by atoms with Crippen LogP contribution >= 0.6 is 0 Å². The predicted octanol–water partition coefficient (Wildman–Crippen LogP) is 3.80. The van der Waals surface area contributed by atoms with Crippen LogP contribution in [0.4, 0.5) is 0 Å². The Kier molecular flexibility index (Phi) is 4.92. The minimum atomic E-state index is -0.329. The van der Waals surface area contributed by atoms with Crippen LogP contribution in [0.2, 0.25) is 0 Å². The summed E-state index contributed by atoms with van der Waals surface area (Å²) in [5.41, 5.74) is 1.23. The molecule has 2 aliphatic heterocycles. The second kappa shape index (κ2) is 7.12. The Morgan fingerprint density at radius 2 is 1.93 bits per heavy atom. The van der Waals surface area contributed by atoms with Gasteiger partial charge in [-0.3, -0.25) is 9.78 Å². The van der Waals surface area contributed by atoms with E-state index < -0.39 is 0 Å². The van der Waals surface area contributed by atoms with Gasteiger partial charge in [-0.15, -0.1) is 0 Å². The number of fused-ring (bicyclic) bond motifs is 1. The molecule has 150 valence electrons. The third kappa shape index (κ3) is 3.65. The van der Waals surface area contributed by atoms with Crippen molar-refractivity contribution in [2.75, 3.05) is 13.1 Å². The molecule has 0 aliphatic carbocycles. The van der Waals surface area contributed by atoms with Crippen LogP contribution in [0.25, 0.3) is 10.9 Å². The molecule has 1 aromatic carbocycles. The zero-order chi connectivity index (χ0) is 19.9. The van der Waals surface area contributed by atoms with Crippen molar-refractivity contribution in [1.29, 1.82) is 0 Å². The van der Waals surface area contributed by atoms with Gasteiger partial charge in [0.05, 0.1) is 28.9 Å². The van der Waals surface area contributed by atoms with E-state index in [1.807, 2.05) is 35.2 Å². The van der Waals surface area contributed by atoms with Crippen molar-refractivity contribution in [1.82, 2.24) is 9.88 Å². The van der Waals surface area contributed by atoms with Gasteiger partial charge in [-0.2, -0.15) is 0 Å². The Morgan fingerprint density at radius 1 is 1.21 bits per heavy atom. The summed E-state index contributed by atoms with van der Waals surface area (Å²) in [5.74, 6) is 0.0529. The number of piperidine rings is 1. The fraction of sp³-hybridized carbons (Fsp3) is 0.565. The summed E-state index contributed by atoms with van der Waals surface area (Å²) in [6, 6.07) is 9.57. The molecule has 0 unspecified atom stereocenters. The fourth-order valence-corrected chi connectivity index (χ4v) is 4.58. The molecule has 28 heavy (non-hydrogen) atoms. The number of rotatable bonds is 1. The number of likely N-dealkylation sites (tertiary alicyclic amines) is 1. The van der Waals surface area contributed by atoms with Gasteiger partial charge in [0.2, 0.25) is 0 Å². The number of aliphatic hydroxyl groups excluding tert-OH is 1. The van der Waals surface area contributed by atoms with Gasteiger partial charge >= 0.3 is 0 Å². The van der Waals surface area contributed by atoms with Crippen molar-refractivity contribution in [2.45, 2.75) is 64.3 Å². The highest BCUT2D eigenvalue weighted by molar-refractivity contribution is 6.06. The molecule has 2 atom stereocenters. The van der Waals surface area contributed by atoms with E-state index in [1.165, 1.54) is 0 Å². The molecule has 2 aromatic rings. The van der Waals surface area contributed by atoms with E-state index in [0.717, 1.165) is 23.7 Å². The summed E-state index contributed by atoms with van der Waals surface area (Å²) < 4.78 is 6.55. The first-order chi connectivity index (χ1) is 13.3. The number of para-hydroxylation sites is 1. The SMILES string of the molecule is CC(C)(C)[C@H]1C[C@@H](O)CC2(CCN(C(=O)c3ccnc4ccccc34)CC2)O1. The Labute approximate surface area is 166 Å². The lowest BCUT2D eigenvalue weighted by Crippen LogP contribution is -2.55. The first-order valence-corrected chi connectivity index (χ1v) is 10.3. The molecule has 5 heteroatoms. The number of hydrogen-bond acceptors (Lipinski definition) is 4. The maximum absolute atomic E-state index is 13.2. The molecule has 3 heterocycles. The standard InChI is InChI=1S/C23H30N2O3/c1-22(2,3)20-14-16(26)15-23(28-20)9-12-25(13-10-23)21(27)18-8-11-24-19-7-5-4-6-17(18)19/h4-8,11,16,20,26H,9-10,12-15H2,1-3H3/t16-,20-/m1/s1. The van der Waals surface area contributed by atoms with Gasteiger partial charge in [0.25, 0.3) is 5.91 Å². The van der Waals surface area contributed by atoms with E-state index in [2.05, 4.69) is 25.8 Å². The second-order valence-electron chi connectivity index (χ2n) is 9.42. The van der Waals surface area contributed by atoms with Gasteiger partial charge in [0.1, 0.15) is 0 Å². The van der Waals surface area contributed by atoms with Crippen molar-refractivity contribution in [3.05, 3.63) is 42.1 Å². The molecule has 0 saturated carbocycles. The summed E-state index contributed by atoms with van der Waals surface area (Å²) in [4.78, 5) is 19.5. The Morgan fingerprint density at radius 3 is 2.64 bits per heavy atom. The zero-order valence-corrected chi connectivity index (χ0v) is 17.0. The number of pyridine rings is 1. The van der Waals surface area contributed by atoms with Crippen molar-refractivity contribution >= 4 is 16.8 Å². The summed E-state index contributed by atoms with van der Waals surface area (Å²) in [7, 11) is 0. The molecule has 0 bridgehead atoms. The van der Waals surface area contributed by atoms with Crippen molar-refractivity contribution in [3.63, 3.8) is 0 Å². The van der Waals surface area contributed by atoms with Gasteiger partial charge in [-0.1, -0.05) is 39.0 Å². The molecule has 2 saturated heterocycles. The third-order valence-electron chi connectivity index (χ3n) is 6.29. The number of benzene rings is 1. The van der Waals surface area contributed by atoms with Crippen LogP contribution < -0.4 is 0 Å². The Balaban J connectivity index is 1.50. The number of nitrogens with zero attached hydrogens (tertiary/aromatic N) is 2. The van der Waals surface area contributed by atoms with E-state index in [9.17, 15) is 9.90 Å². The van der Waals surface area contributed by atoms with Gasteiger partial charge in [0.15, 0.2) is 0 Å². The lowest BCUT2D eigenvalue weighted by Gasteiger charge is -2.50. The quantitative estimate of drug-likeness (QED) is 0.815. The minimum absolute atomic E-state index is 0.00267. The molecule has 1 spiro atoms. The van der Waals surface area contributed by atoms with Crippen LogP contribution in [-0.4, -0.2) is 51.8 Å². The molecule has 2 aliphatic rings. The molecule has 5 nitrogen and oxygen atoms in total. The molecule has 1 aromatic heterocycles. The van der Waals surface area contributed by atoms with Gasteiger partial charge in [0, 0.05) is 37.5 Å². The van der Waals surface area contributed by atoms with Gasteiger partial charge in [-0.25, -0.2) is 0 Å². The number of carbonyl (C=O) groups excluding carboxylic acids is 1. The molecule has 0 radical (unpaired) electrons. The number of aromatic nitrogens is 1. The van der Waals surface area contributed by atoms with Crippen LogP contribution in [0, 0.1) is 5.41 Å². The molecule has 2 fully saturated rings. The highest BCUT2D eigenvalue weighted by atomic mass is 16.5. The lowest BCUT2D eigenvalue weighted by atomic mass is 9.76. The molecule has 1 amide bonds. The highest BCUT2D eigenvalue weighted by Gasteiger charge is 2.46. The topological polar surface area (TPSA) is 62.7 Å². The third-order valence-corrected chi connectivity index (χ3v) is 6.29. The number of hydrogen-bond donors (Lipinski definition) is 1. The predicted molar refractivity (Wildman–Crippen MR) is 109 cm³/mol. The van der Waals surface area contributed by atoms with Crippen LogP contribution in [0.1, 0.15) is 56.8 Å². The van der Waals surface area contributed by atoms with Crippen molar-refractivity contribution < 1.29 is 14.6 Å². The van der Waals surface area contributed by atoms with E-state index in [4.69, 9.17) is 4.74 Å². The van der Waals surface area contributed by atoms with E-state index >= 15 is 0 Å². The summed E-state index contributed by atoms with van der Waals surface area (Å²) >= 11 is 0. The monoisotopic (exact) mass is 382 g/mol. The van der Waals surface area contributed by atoms with Crippen LogP contribution in [0.5, 0.6) is 0 Å². The lowest BCUT2D eigenvalue weighted by molar-refractivity contribution is -0.205. The number of amides is 1. The van der Waals surface area contributed by atoms with Crippen molar-refractivity contribution in [3.8, 4) is 0 Å². The molecule has 1 N–H and O–H groups in total. The minimum Gasteiger partial charge on any atom is -0.393 e. The van der Waals surface area contributed by atoms with E-state index in [0.29, 0.717) is 31.5 Å². The van der Waals surface area contributed by atoms with Crippen LogP contribution in [-0.2, 0) is 4.74 Å². The van der Waals surface area contributed by atoms with Crippen LogP contribution in [0.3, 0.4) is 0 Å². The number of aliphatic hydroxyl groups is 1. The molecular weight excluding hydrogens is 352 g/mol. The van der Waals surface area contributed by atoms with E-state index in [-0.39, 0.29) is 29.1 Å². The highest BCUT2D eigenvalue weighted by Crippen LogP contribution is 2.42. The number of carbonyl (C=O) groups is 1. The Hall–Kier alpha value is -1.98. The smallest absolute Gasteiger partial charge is 0.254 e. The average molecular weight is 383 g/mol. The average Bonchev–Trinajstić information content (AvgIpc) is 2.66. The number of ether oxygens (including phenoxy) is 1. The first kappa shape index (κ1) is 19.3. The largest absolute Gasteiger partial charge is 0.393 e. The molecular formula is C23H30N2O3. The first-order valence-electron chi connectivity index (χ1n) is 10.3. The maximum atomic E-state index is 13.2. The summed E-state index contributed by atoms with van der Waals surface area (Å²) in [6.07, 6.45) is 4.32. The fourth-order valence-electron chi connectivity index (χ4n) is 4.58. The Bertz CT molecular complexity index is 860. The zero-order valence-electron chi connectivity index (χ0n) is 17.0. The van der Waals surface area contributed by atoms with Gasteiger partial charge < -0.3 is 14.7 Å². The van der Waals surface area contributed by atoms with Gasteiger partial charge in [-0.05, 0) is 30.4 Å². The van der Waals surface area contributed by atoms with Crippen molar-refractivity contribution in [2.24, 2.45) is 5.41 Å². The van der Waals surface area contributed by atoms with E-state index in [1.54, 1.807) is 6.20 Å². The second-order valence-corrected chi connectivity index (χ2v) is 9.42. The van der Waals surface area contributed by atoms with Crippen LogP contribution in [0.15, 0.2) is 36.5 Å². The normalized spacial score (nSPS) is 25.2. The summed E-state index contributed by atoms with van der Waals surface area (Å²) in [6.45, 7) is 7.79.